The molecule has 0 bridgehead atoms. The van der Waals surface area contributed by atoms with Crippen LogP contribution < -0.4 is 5.56 Å². The highest BCUT2D eigenvalue weighted by Crippen LogP contribution is 2.35. The number of benzene rings is 1. The van der Waals surface area contributed by atoms with Crippen LogP contribution >= 0.6 is 23.2 Å². The minimum atomic E-state index is -0.722. The number of hydrogen-bond acceptors (Lipinski definition) is 4. The number of carbonyl (C=O) groups is 1. The fourth-order valence-electron chi connectivity index (χ4n) is 2.10. The maximum absolute atomic E-state index is 12.2. The molecular weight excluding hydrogens is 329 g/mol. The van der Waals surface area contributed by atoms with Crippen molar-refractivity contribution in [3.05, 3.63) is 49.9 Å². The predicted octanol–water partition coefficient (Wildman–Crippen LogP) is 3.54. The zero-order valence-corrected chi connectivity index (χ0v) is 13.4. The Hall–Kier alpha value is -1.98. The van der Waals surface area contributed by atoms with Gasteiger partial charge in [0.15, 0.2) is 0 Å². The molecule has 0 spiro atoms. The Morgan fingerprint density at radius 2 is 2.05 bits per heavy atom. The van der Waals surface area contributed by atoms with Crippen LogP contribution in [0.2, 0.25) is 10.0 Å². The fraction of sp³-hybridized carbons (Fsp3) is 0.200. The molecule has 0 fully saturated rings. The first-order valence-corrected chi connectivity index (χ1v) is 7.20. The highest BCUT2D eigenvalue weighted by Gasteiger charge is 2.23. The summed E-state index contributed by atoms with van der Waals surface area (Å²) in [5.74, 6) is -1.19. The fourth-order valence-corrected chi connectivity index (χ4v) is 2.60. The first-order valence-electron chi connectivity index (χ1n) is 6.45. The molecule has 0 saturated carbocycles. The summed E-state index contributed by atoms with van der Waals surface area (Å²) in [4.78, 5) is 26.7. The molecule has 2 rings (SSSR count). The van der Waals surface area contributed by atoms with Crippen molar-refractivity contribution in [3.8, 4) is 16.9 Å². The van der Waals surface area contributed by atoms with Crippen molar-refractivity contribution in [1.29, 1.82) is 0 Å². The molecule has 22 heavy (non-hydrogen) atoms. The second-order valence-electron chi connectivity index (χ2n) is 4.52. The third kappa shape index (κ3) is 2.96. The summed E-state index contributed by atoms with van der Waals surface area (Å²) in [6, 6.07) is 4.48. The lowest BCUT2D eigenvalue weighted by molar-refractivity contribution is 0.0521. The number of hydrogen-bond donors (Lipinski definition) is 2. The third-order valence-electron chi connectivity index (χ3n) is 3.06. The molecule has 2 N–H and O–H groups in total. The van der Waals surface area contributed by atoms with Crippen LogP contribution in [0, 0.1) is 6.92 Å². The smallest absolute Gasteiger partial charge is 0.343 e. The molecule has 116 valence electrons. The van der Waals surface area contributed by atoms with Crippen molar-refractivity contribution in [1.82, 2.24) is 4.98 Å². The van der Waals surface area contributed by atoms with Gasteiger partial charge in [-0.25, -0.2) is 4.79 Å². The molecule has 7 heteroatoms. The lowest BCUT2D eigenvalue weighted by Crippen LogP contribution is -2.17. The van der Waals surface area contributed by atoms with Crippen molar-refractivity contribution in [2.75, 3.05) is 6.61 Å². The zero-order valence-electron chi connectivity index (χ0n) is 11.9. The van der Waals surface area contributed by atoms with Crippen LogP contribution in [0.3, 0.4) is 0 Å². The number of ether oxygens (including phenoxy) is 1. The highest BCUT2D eigenvalue weighted by atomic mass is 35.5. The second-order valence-corrected chi connectivity index (χ2v) is 5.37. The number of aryl methyl sites for hydroxylation is 1. The van der Waals surface area contributed by atoms with Gasteiger partial charge < -0.3 is 14.8 Å². The molecule has 5 nitrogen and oxygen atoms in total. The molecule has 0 aliphatic rings. The third-order valence-corrected chi connectivity index (χ3v) is 3.60. The number of rotatable bonds is 3. The van der Waals surface area contributed by atoms with Crippen LogP contribution in [-0.2, 0) is 4.74 Å². The van der Waals surface area contributed by atoms with E-state index in [-0.39, 0.29) is 34.0 Å². The van der Waals surface area contributed by atoms with Gasteiger partial charge >= 0.3 is 5.97 Å². The van der Waals surface area contributed by atoms with Gasteiger partial charge in [-0.2, -0.15) is 0 Å². The van der Waals surface area contributed by atoms with Crippen LogP contribution in [0.15, 0.2) is 23.0 Å². The van der Waals surface area contributed by atoms with Crippen LogP contribution in [0.1, 0.15) is 23.0 Å². The average Bonchev–Trinajstić information content (AvgIpc) is 2.40. The topological polar surface area (TPSA) is 79.4 Å². The summed E-state index contributed by atoms with van der Waals surface area (Å²) in [7, 11) is 0. The standard InChI is InChI=1S/C15H13Cl2NO4/c1-3-22-15(21)11-7(2)18-14(20)12(13(11)19)9-5-4-8(16)6-10(9)17/h4-6H,3H2,1-2H3,(H2,18,19,20). The highest BCUT2D eigenvalue weighted by molar-refractivity contribution is 6.36. The first-order chi connectivity index (χ1) is 10.4. The molecule has 1 aromatic carbocycles. The number of H-pyrrole nitrogens is 1. The van der Waals surface area contributed by atoms with Crippen molar-refractivity contribution < 1.29 is 14.6 Å². The van der Waals surface area contributed by atoms with E-state index in [4.69, 9.17) is 27.9 Å². The number of carbonyl (C=O) groups excluding carboxylic acids is 1. The molecule has 0 amide bonds. The van der Waals surface area contributed by atoms with E-state index in [0.29, 0.717) is 5.02 Å². The number of nitrogens with one attached hydrogen (secondary N) is 1. The Morgan fingerprint density at radius 3 is 2.64 bits per heavy atom. The lowest BCUT2D eigenvalue weighted by atomic mass is 10.0. The van der Waals surface area contributed by atoms with Crippen molar-refractivity contribution >= 4 is 29.2 Å². The quantitative estimate of drug-likeness (QED) is 0.836. The molecule has 0 aliphatic heterocycles. The van der Waals surface area contributed by atoms with Crippen LogP contribution in [-0.4, -0.2) is 22.7 Å². The zero-order chi connectivity index (χ0) is 16.4. The van der Waals surface area contributed by atoms with Crippen LogP contribution in [0.4, 0.5) is 0 Å². The van der Waals surface area contributed by atoms with Gasteiger partial charge in [-0.1, -0.05) is 29.3 Å². The summed E-state index contributed by atoms with van der Waals surface area (Å²) in [6.45, 7) is 3.29. The normalized spacial score (nSPS) is 10.5. The first kappa shape index (κ1) is 16.4. The molecular formula is C15H13Cl2NO4. The predicted molar refractivity (Wildman–Crippen MR) is 84.9 cm³/mol. The summed E-state index contributed by atoms with van der Waals surface area (Å²) >= 11 is 11.9. The Kier molecular flexibility index (Phi) is 4.78. The Bertz CT molecular complexity index is 799. The van der Waals surface area contributed by atoms with E-state index in [9.17, 15) is 14.7 Å². The molecule has 1 heterocycles. The largest absolute Gasteiger partial charge is 0.506 e. The van der Waals surface area contributed by atoms with Crippen molar-refractivity contribution in [2.45, 2.75) is 13.8 Å². The van der Waals surface area contributed by atoms with E-state index in [1.807, 2.05) is 0 Å². The number of esters is 1. The Morgan fingerprint density at radius 1 is 1.36 bits per heavy atom. The van der Waals surface area contributed by atoms with Crippen LogP contribution in [0.5, 0.6) is 5.75 Å². The van der Waals surface area contributed by atoms with Gasteiger partial charge in [0.1, 0.15) is 11.3 Å². The number of pyridine rings is 1. The van der Waals surface area contributed by atoms with Gasteiger partial charge in [0.25, 0.3) is 5.56 Å². The van der Waals surface area contributed by atoms with Gasteiger partial charge in [0.2, 0.25) is 0 Å². The minimum absolute atomic E-state index is 0.0949. The second kappa shape index (κ2) is 6.42. The molecule has 0 radical (unpaired) electrons. The molecule has 0 aliphatic carbocycles. The average molecular weight is 342 g/mol. The monoisotopic (exact) mass is 341 g/mol. The molecule has 0 atom stereocenters. The minimum Gasteiger partial charge on any atom is -0.506 e. The van der Waals surface area contributed by atoms with Crippen molar-refractivity contribution in [2.24, 2.45) is 0 Å². The lowest BCUT2D eigenvalue weighted by Gasteiger charge is -2.12. The van der Waals surface area contributed by atoms with Gasteiger partial charge in [0, 0.05) is 16.3 Å². The SMILES string of the molecule is CCOC(=O)c1c(C)[nH]c(=O)c(-c2ccc(Cl)cc2Cl)c1O. The van der Waals surface area contributed by atoms with E-state index in [2.05, 4.69) is 4.98 Å². The number of aromatic amines is 1. The maximum atomic E-state index is 12.2. The Labute approximate surface area is 136 Å². The Balaban J connectivity index is 2.74. The van der Waals surface area contributed by atoms with E-state index < -0.39 is 17.3 Å². The summed E-state index contributed by atoms with van der Waals surface area (Å²) < 4.78 is 4.89. The maximum Gasteiger partial charge on any atom is 0.343 e. The van der Waals surface area contributed by atoms with E-state index in [1.54, 1.807) is 6.92 Å². The van der Waals surface area contributed by atoms with Crippen LogP contribution in [0.25, 0.3) is 11.1 Å². The number of halogens is 2. The van der Waals surface area contributed by atoms with E-state index in [1.165, 1.54) is 25.1 Å². The van der Waals surface area contributed by atoms with Gasteiger partial charge in [-0.3, -0.25) is 4.79 Å². The summed E-state index contributed by atoms with van der Waals surface area (Å²) in [6.07, 6.45) is 0. The molecule has 2 aromatic rings. The van der Waals surface area contributed by atoms with E-state index >= 15 is 0 Å². The van der Waals surface area contributed by atoms with E-state index in [0.717, 1.165) is 0 Å². The summed E-state index contributed by atoms with van der Waals surface area (Å²) in [5.41, 5.74) is -0.268. The molecule has 1 aromatic heterocycles. The van der Waals surface area contributed by atoms with Gasteiger partial charge in [0.05, 0.1) is 17.2 Å². The van der Waals surface area contributed by atoms with Gasteiger partial charge in [-0.15, -0.1) is 0 Å². The number of aromatic hydroxyl groups is 1. The van der Waals surface area contributed by atoms with Gasteiger partial charge in [-0.05, 0) is 26.0 Å². The molecule has 0 saturated heterocycles. The number of aromatic nitrogens is 1. The van der Waals surface area contributed by atoms with Crippen molar-refractivity contribution in [3.63, 3.8) is 0 Å². The molecule has 0 unspecified atom stereocenters. The summed E-state index contributed by atoms with van der Waals surface area (Å²) in [5, 5.41) is 11.0.